The highest BCUT2D eigenvalue weighted by molar-refractivity contribution is 8.14. The number of thioether (sulfide) groups is 1. The molecule has 2 aliphatic rings. The van der Waals surface area contributed by atoms with Crippen molar-refractivity contribution in [2.75, 3.05) is 5.75 Å². The largest absolute Gasteiger partial charge is 0.350 e. The molecule has 0 unspecified atom stereocenters. The minimum atomic E-state index is -0.218. The van der Waals surface area contributed by atoms with Crippen LogP contribution in [0.3, 0.4) is 0 Å². The fourth-order valence-corrected chi connectivity index (χ4v) is 4.72. The first-order valence-corrected chi connectivity index (χ1v) is 9.94. The van der Waals surface area contributed by atoms with Crippen LogP contribution in [-0.4, -0.2) is 44.4 Å². The van der Waals surface area contributed by atoms with E-state index >= 15 is 0 Å². The van der Waals surface area contributed by atoms with E-state index in [0.717, 1.165) is 48.3 Å². The quantitative estimate of drug-likeness (QED) is 0.897. The van der Waals surface area contributed by atoms with Gasteiger partial charge in [-0.3, -0.25) is 19.3 Å². The van der Waals surface area contributed by atoms with Gasteiger partial charge in [-0.25, -0.2) is 0 Å². The molecule has 26 heavy (non-hydrogen) atoms. The first-order chi connectivity index (χ1) is 12.6. The van der Waals surface area contributed by atoms with Gasteiger partial charge in [-0.05, 0) is 30.4 Å². The first kappa shape index (κ1) is 17.1. The maximum atomic E-state index is 12.6. The third-order valence-corrected chi connectivity index (χ3v) is 6.02. The molecule has 1 aromatic carbocycles. The summed E-state index contributed by atoms with van der Waals surface area (Å²) in [6, 6.07) is 9.55. The number of nitrogens with one attached hydrogen (secondary N) is 1. The molecule has 2 fully saturated rings. The lowest BCUT2D eigenvalue weighted by molar-refractivity contribution is -0.129. The van der Waals surface area contributed by atoms with Crippen LogP contribution in [-0.2, 0) is 16.1 Å². The molecule has 3 amide bonds. The van der Waals surface area contributed by atoms with Crippen molar-refractivity contribution in [2.45, 2.75) is 44.3 Å². The van der Waals surface area contributed by atoms with Gasteiger partial charge in [-0.15, -0.1) is 0 Å². The van der Waals surface area contributed by atoms with Crippen molar-refractivity contribution in [1.29, 1.82) is 0 Å². The number of aromatic nitrogens is 1. The normalized spacial score (nSPS) is 23.6. The van der Waals surface area contributed by atoms with Crippen molar-refractivity contribution in [2.24, 2.45) is 0 Å². The number of carbonyl (C=O) groups excluding carboxylic acids is 3. The number of hydrogen-bond donors (Lipinski definition) is 1. The maximum absolute atomic E-state index is 12.6. The van der Waals surface area contributed by atoms with Crippen LogP contribution in [0.5, 0.6) is 0 Å². The van der Waals surface area contributed by atoms with Crippen LogP contribution in [0, 0.1) is 0 Å². The Morgan fingerprint density at radius 1 is 1.15 bits per heavy atom. The summed E-state index contributed by atoms with van der Waals surface area (Å²) < 4.78 is 1.92. The highest BCUT2D eigenvalue weighted by Crippen LogP contribution is 2.30. The number of imide groups is 1. The Labute approximate surface area is 155 Å². The van der Waals surface area contributed by atoms with Gasteiger partial charge in [0.05, 0.1) is 11.8 Å². The van der Waals surface area contributed by atoms with Crippen LogP contribution in [0.4, 0.5) is 4.79 Å². The third kappa shape index (κ3) is 3.23. The van der Waals surface area contributed by atoms with E-state index in [1.54, 1.807) is 0 Å². The molecule has 0 spiro atoms. The summed E-state index contributed by atoms with van der Waals surface area (Å²) in [6.07, 6.45) is 5.44. The standard InChI is InChI=1S/C19H21N3O3S/c23-17(11-21-10-9-13-5-1-3-7-15(13)21)20-14-6-2-4-8-16(14)22-18(24)12-26-19(22)25/h1,3,5,7,9-10,14,16H,2,4,6,8,11-12H2,(H,20,23)/t14-,16+/m1/s1. The highest BCUT2D eigenvalue weighted by atomic mass is 32.2. The SMILES string of the molecule is O=C(Cn1ccc2ccccc21)N[C@@H]1CCCC[C@@H]1N1C(=O)CSC1=O. The van der Waals surface area contributed by atoms with Gasteiger partial charge in [0.1, 0.15) is 6.54 Å². The average Bonchev–Trinajstić information content (AvgIpc) is 3.19. The van der Waals surface area contributed by atoms with Crippen LogP contribution in [0.2, 0.25) is 0 Å². The topological polar surface area (TPSA) is 71.4 Å². The van der Waals surface area contributed by atoms with Crippen molar-refractivity contribution >= 4 is 39.7 Å². The molecule has 2 atom stereocenters. The van der Waals surface area contributed by atoms with E-state index in [0.29, 0.717) is 0 Å². The Bertz CT molecular complexity index is 847. The third-order valence-electron chi connectivity index (χ3n) is 5.19. The average molecular weight is 371 g/mol. The molecule has 1 saturated carbocycles. The van der Waals surface area contributed by atoms with Crippen LogP contribution in [0.1, 0.15) is 25.7 Å². The van der Waals surface area contributed by atoms with Crippen LogP contribution in [0.15, 0.2) is 36.5 Å². The molecule has 1 N–H and O–H groups in total. The highest BCUT2D eigenvalue weighted by Gasteiger charge is 2.41. The van der Waals surface area contributed by atoms with Crippen molar-refractivity contribution in [3.05, 3.63) is 36.5 Å². The second-order valence-electron chi connectivity index (χ2n) is 6.85. The Morgan fingerprint density at radius 3 is 2.77 bits per heavy atom. The van der Waals surface area contributed by atoms with Gasteiger partial charge in [-0.2, -0.15) is 0 Å². The fraction of sp³-hybridized carbons (Fsp3) is 0.421. The zero-order valence-electron chi connectivity index (χ0n) is 14.4. The van der Waals surface area contributed by atoms with Crippen LogP contribution >= 0.6 is 11.8 Å². The molecular formula is C19H21N3O3S. The molecule has 2 aromatic rings. The fourth-order valence-electron chi connectivity index (χ4n) is 3.96. The van der Waals surface area contributed by atoms with Gasteiger partial charge < -0.3 is 9.88 Å². The summed E-state index contributed by atoms with van der Waals surface area (Å²) in [6.45, 7) is 0.230. The molecule has 1 aliphatic heterocycles. The van der Waals surface area contributed by atoms with Gasteiger partial charge in [0.25, 0.3) is 5.24 Å². The number of hydrogen-bond acceptors (Lipinski definition) is 4. The van der Waals surface area contributed by atoms with E-state index < -0.39 is 0 Å². The Balaban J connectivity index is 1.47. The molecule has 1 saturated heterocycles. The number of amides is 3. The molecule has 1 aromatic heterocycles. The van der Waals surface area contributed by atoms with Crippen molar-refractivity contribution < 1.29 is 14.4 Å². The minimum absolute atomic E-state index is 0.0880. The van der Waals surface area contributed by atoms with Gasteiger partial charge in [0.2, 0.25) is 11.8 Å². The van der Waals surface area contributed by atoms with E-state index in [2.05, 4.69) is 5.32 Å². The Hall–Kier alpha value is -2.28. The predicted molar refractivity (Wildman–Crippen MR) is 101 cm³/mol. The van der Waals surface area contributed by atoms with E-state index in [1.165, 1.54) is 4.90 Å². The zero-order valence-corrected chi connectivity index (χ0v) is 15.2. The van der Waals surface area contributed by atoms with Gasteiger partial charge >= 0.3 is 0 Å². The molecular weight excluding hydrogens is 350 g/mol. The number of nitrogens with zero attached hydrogens (tertiary/aromatic N) is 2. The summed E-state index contributed by atoms with van der Waals surface area (Å²) in [5.74, 6) is -0.0108. The summed E-state index contributed by atoms with van der Waals surface area (Å²) in [5.41, 5.74) is 1.02. The summed E-state index contributed by atoms with van der Waals surface area (Å²) in [4.78, 5) is 38.1. The monoisotopic (exact) mass is 371 g/mol. The van der Waals surface area contributed by atoms with E-state index in [1.807, 2.05) is 41.1 Å². The summed E-state index contributed by atoms with van der Waals surface area (Å²) >= 11 is 1.05. The number of rotatable bonds is 4. The van der Waals surface area contributed by atoms with Crippen LogP contribution < -0.4 is 5.32 Å². The second kappa shape index (κ2) is 7.15. The number of fused-ring (bicyclic) bond motifs is 1. The van der Waals surface area contributed by atoms with Crippen molar-refractivity contribution in [1.82, 2.24) is 14.8 Å². The van der Waals surface area contributed by atoms with Gasteiger partial charge in [0, 0.05) is 17.8 Å². The zero-order chi connectivity index (χ0) is 18.1. The number of para-hydroxylation sites is 1. The lowest BCUT2D eigenvalue weighted by Gasteiger charge is -2.36. The molecule has 6 nitrogen and oxygen atoms in total. The summed E-state index contributed by atoms with van der Waals surface area (Å²) in [5, 5.41) is 3.99. The number of benzene rings is 1. The van der Waals surface area contributed by atoms with E-state index in [4.69, 9.17) is 0 Å². The molecule has 4 rings (SSSR count). The number of carbonyl (C=O) groups is 3. The molecule has 136 valence electrons. The lowest BCUT2D eigenvalue weighted by Crippen LogP contribution is -2.55. The van der Waals surface area contributed by atoms with Crippen molar-refractivity contribution in [3.63, 3.8) is 0 Å². The van der Waals surface area contributed by atoms with Gasteiger partial charge in [-0.1, -0.05) is 42.8 Å². The molecule has 7 heteroatoms. The lowest BCUT2D eigenvalue weighted by atomic mass is 9.89. The predicted octanol–water partition coefficient (Wildman–Crippen LogP) is 2.76. The Kier molecular flexibility index (Phi) is 4.72. The molecule has 2 heterocycles. The molecule has 0 radical (unpaired) electrons. The molecule has 1 aliphatic carbocycles. The van der Waals surface area contributed by atoms with Gasteiger partial charge in [0.15, 0.2) is 0 Å². The maximum Gasteiger partial charge on any atom is 0.289 e. The van der Waals surface area contributed by atoms with E-state index in [9.17, 15) is 14.4 Å². The van der Waals surface area contributed by atoms with Crippen molar-refractivity contribution in [3.8, 4) is 0 Å². The first-order valence-electron chi connectivity index (χ1n) is 8.95. The minimum Gasteiger partial charge on any atom is -0.350 e. The van der Waals surface area contributed by atoms with E-state index in [-0.39, 0.29) is 41.4 Å². The van der Waals surface area contributed by atoms with Crippen LogP contribution in [0.25, 0.3) is 10.9 Å². The summed E-state index contributed by atoms with van der Waals surface area (Å²) in [7, 11) is 0. The Morgan fingerprint density at radius 2 is 1.96 bits per heavy atom. The smallest absolute Gasteiger partial charge is 0.289 e. The molecule has 0 bridgehead atoms. The second-order valence-corrected chi connectivity index (χ2v) is 7.77.